The number of aryl methyl sites for hydroxylation is 1. The third kappa shape index (κ3) is 2.17. The van der Waals surface area contributed by atoms with Gasteiger partial charge in [-0.3, -0.25) is 9.80 Å². The minimum atomic E-state index is -0.138. The van der Waals surface area contributed by atoms with Crippen molar-refractivity contribution in [1.82, 2.24) is 14.6 Å². The molecule has 0 unspecified atom stereocenters. The summed E-state index contributed by atoms with van der Waals surface area (Å²) in [7, 11) is 1.88. The van der Waals surface area contributed by atoms with Crippen LogP contribution in [-0.2, 0) is 6.42 Å². The van der Waals surface area contributed by atoms with Gasteiger partial charge in [0.2, 0.25) is 0 Å². The smallest absolute Gasteiger partial charge is 0.292 e. The van der Waals surface area contributed by atoms with Gasteiger partial charge in [-0.2, -0.15) is 5.10 Å². The van der Waals surface area contributed by atoms with Crippen LogP contribution in [0, 0.1) is 13.8 Å². The topological polar surface area (TPSA) is 54.0 Å². The fourth-order valence-electron chi connectivity index (χ4n) is 3.19. The van der Waals surface area contributed by atoms with E-state index in [1.165, 1.54) is 0 Å². The van der Waals surface area contributed by atoms with Gasteiger partial charge in [0.25, 0.3) is 5.91 Å². The van der Waals surface area contributed by atoms with Crippen LogP contribution in [-0.4, -0.2) is 34.1 Å². The molecule has 7 heteroatoms. The van der Waals surface area contributed by atoms with Crippen LogP contribution in [0.4, 0.5) is 5.69 Å². The third-order valence-electron chi connectivity index (χ3n) is 4.54. The molecule has 1 aliphatic heterocycles. The molecule has 0 fully saturated rings. The maximum atomic E-state index is 12.9. The Balaban J connectivity index is 1.70. The number of aromatic nitrogens is 2. The summed E-state index contributed by atoms with van der Waals surface area (Å²) in [6.07, 6.45) is 2.38. The zero-order chi connectivity index (χ0) is 17.0. The number of halogens is 1. The molecular weight excluding hydrogens is 328 g/mol. The Morgan fingerprint density at radius 3 is 2.92 bits per heavy atom. The molecule has 1 amide bonds. The monoisotopic (exact) mass is 344 g/mol. The van der Waals surface area contributed by atoms with Gasteiger partial charge in [0.15, 0.2) is 5.69 Å². The van der Waals surface area contributed by atoms with Crippen molar-refractivity contribution in [3.8, 4) is 0 Å². The van der Waals surface area contributed by atoms with E-state index in [0.29, 0.717) is 23.7 Å². The SMILES string of the molecule is Cc1oc2c(c1C)N(C)N(C(=O)c1cc3ccc(Cl)cn3n1)CC2. The van der Waals surface area contributed by atoms with E-state index >= 15 is 0 Å². The van der Waals surface area contributed by atoms with Gasteiger partial charge < -0.3 is 4.42 Å². The molecule has 0 saturated carbocycles. The van der Waals surface area contributed by atoms with E-state index in [0.717, 1.165) is 28.3 Å². The predicted octanol–water partition coefficient (Wildman–Crippen LogP) is 3.25. The van der Waals surface area contributed by atoms with Gasteiger partial charge >= 0.3 is 0 Å². The van der Waals surface area contributed by atoms with Gasteiger partial charge in [-0.05, 0) is 32.0 Å². The number of hydrazine groups is 1. The predicted molar refractivity (Wildman–Crippen MR) is 91.5 cm³/mol. The molecule has 0 bridgehead atoms. The lowest BCUT2D eigenvalue weighted by molar-refractivity contribution is 0.0728. The summed E-state index contributed by atoms with van der Waals surface area (Å²) < 4.78 is 7.41. The Labute approximate surface area is 144 Å². The fraction of sp³-hybridized carbons (Fsp3) is 0.294. The van der Waals surface area contributed by atoms with Gasteiger partial charge in [-0.15, -0.1) is 0 Å². The van der Waals surface area contributed by atoms with E-state index in [4.69, 9.17) is 16.0 Å². The van der Waals surface area contributed by atoms with Crippen LogP contribution >= 0.6 is 11.6 Å². The third-order valence-corrected chi connectivity index (χ3v) is 4.76. The second-order valence-corrected chi connectivity index (χ2v) is 6.44. The lowest BCUT2D eigenvalue weighted by Gasteiger charge is -2.36. The second-order valence-electron chi connectivity index (χ2n) is 6.00. The largest absolute Gasteiger partial charge is 0.464 e. The fourth-order valence-corrected chi connectivity index (χ4v) is 3.35. The first-order valence-electron chi connectivity index (χ1n) is 7.75. The van der Waals surface area contributed by atoms with E-state index < -0.39 is 0 Å². The molecule has 0 saturated heterocycles. The number of hydrogen-bond donors (Lipinski definition) is 0. The molecule has 0 N–H and O–H groups in total. The van der Waals surface area contributed by atoms with Crippen molar-refractivity contribution in [3.63, 3.8) is 0 Å². The van der Waals surface area contributed by atoms with E-state index in [-0.39, 0.29) is 5.91 Å². The Morgan fingerprint density at radius 1 is 1.33 bits per heavy atom. The number of hydrogen-bond acceptors (Lipinski definition) is 4. The van der Waals surface area contributed by atoms with Crippen molar-refractivity contribution in [1.29, 1.82) is 0 Å². The van der Waals surface area contributed by atoms with E-state index in [2.05, 4.69) is 5.10 Å². The molecule has 0 radical (unpaired) electrons. The van der Waals surface area contributed by atoms with Crippen LogP contribution in [0.25, 0.3) is 5.52 Å². The number of amides is 1. The van der Waals surface area contributed by atoms with Crippen LogP contribution in [0.2, 0.25) is 5.02 Å². The number of anilines is 1. The van der Waals surface area contributed by atoms with Crippen LogP contribution in [0.3, 0.4) is 0 Å². The van der Waals surface area contributed by atoms with Gasteiger partial charge in [0.1, 0.15) is 17.2 Å². The Kier molecular flexibility index (Phi) is 3.31. The van der Waals surface area contributed by atoms with Crippen molar-refractivity contribution in [2.75, 3.05) is 18.6 Å². The van der Waals surface area contributed by atoms with Crippen molar-refractivity contribution in [3.05, 3.63) is 52.2 Å². The number of nitrogens with zero attached hydrogens (tertiary/aromatic N) is 4. The number of carbonyl (C=O) groups is 1. The zero-order valence-corrected chi connectivity index (χ0v) is 14.5. The first-order valence-corrected chi connectivity index (χ1v) is 8.13. The quantitative estimate of drug-likeness (QED) is 0.680. The zero-order valence-electron chi connectivity index (χ0n) is 13.7. The molecule has 0 aromatic carbocycles. The van der Waals surface area contributed by atoms with E-state index in [1.54, 1.807) is 27.9 Å². The molecule has 124 valence electrons. The standard InChI is InChI=1S/C17H17ClN4O2/c1-10-11(2)24-15-6-7-22(20(3)16(10)15)17(23)14-8-13-5-4-12(18)9-21(13)19-14/h4-5,8-9H,6-7H2,1-3H3. The molecule has 3 aromatic rings. The van der Waals surface area contributed by atoms with Crippen LogP contribution in [0.5, 0.6) is 0 Å². The second kappa shape index (κ2) is 5.27. The Morgan fingerprint density at radius 2 is 2.12 bits per heavy atom. The van der Waals surface area contributed by atoms with E-state index in [9.17, 15) is 4.79 Å². The summed E-state index contributed by atoms with van der Waals surface area (Å²) in [4.78, 5) is 12.9. The maximum Gasteiger partial charge on any atom is 0.292 e. The number of rotatable bonds is 1. The number of furan rings is 1. The van der Waals surface area contributed by atoms with E-state index in [1.807, 2.05) is 32.0 Å². The first kappa shape index (κ1) is 15.1. The highest BCUT2D eigenvalue weighted by Crippen LogP contribution is 2.34. The molecule has 24 heavy (non-hydrogen) atoms. The van der Waals surface area contributed by atoms with Crippen molar-refractivity contribution >= 4 is 28.7 Å². The molecule has 6 nitrogen and oxygen atoms in total. The maximum absolute atomic E-state index is 12.9. The Bertz CT molecular complexity index is 959. The van der Waals surface area contributed by atoms with Gasteiger partial charge in [-0.25, -0.2) is 9.52 Å². The van der Waals surface area contributed by atoms with Gasteiger partial charge in [0, 0.05) is 25.2 Å². The summed E-state index contributed by atoms with van der Waals surface area (Å²) >= 11 is 5.98. The highest BCUT2D eigenvalue weighted by molar-refractivity contribution is 6.30. The minimum absolute atomic E-state index is 0.138. The van der Waals surface area contributed by atoms with Gasteiger partial charge in [0.05, 0.1) is 17.1 Å². The summed E-state index contributed by atoms with van der Waals surface area (Å²) in [5, 5.41) is 8.50. The lowest BCUT2D eigenvalue weighted by atomic mass is 10.1. The number of carbonyl (C=O) groups excluding carboxylic acids is 1. The Hall–Kier alpha value is -2.47. The molecule has 4 rings (SSSR count). The lowest BCUT2D eigenvalue weighted by Crippen LogP contribution is -2.48. The summed E-state index contributed by atoms with van der Waals surface area (Å²) in [6.45, 7) is 4.51. The highest BCUT2D eigenvalue weighted by atomic mass is 35.5. The highest BCUT2D eigenvalue weighted by Gasteiger charge is 2.32. The number of pyridine rings is 1. The molecule has 1 aliphatic rings. The summed E-state index contributed by atoms with van der Waals surface area (Å²) in [6, 6.07) is 5.40. The molecule has 0 atom stereocenters. The first-order chi connectivity index (χ1) is 11.5. The normalized spacial score (nSPS) is 14.3. The molecular formula is C17H17ClN4O2. The molecule has 0 aliphatic carbocycles. The average Bonchev–Trinajstić information content (AvgIpc) is 3.09. The average molecular weight is 345 g/mol. The summed E-state index contributed by atoms with van der Waals surface area (Å²) in [5.74, 6) is 1.68. The van der Waals surface area contributed by atoms with Gasteiger partial charge in [-0.1, -0.05) is 11.6 Å². The summed E-state index contributed by atoms with van der Waals surface area (Å²) in [5.41, 5.74) is 3.26. The van der Waals surface area contributed by atoms with Crippen molar-refractivity contribution in [2.24, 2.45) is 0 Å². The van der Waals surface area contributed by atoms with Crippen molar-refractivity contribution < 1.29 is 9.21 Å². The molecule has 3 aromatic heterocycles. The van der Waals surface area contributed by atoms with Crippen LogP contribution in [0.1, 0.15) is 27.6 Å². The molecule has 4 heterocycles. The van der Waals surface area contributed by atoms with Crippen LogP contribution in [0.15, 0.2) is 28.8 Å². The molecule has 0 spiro atoms. The minimum Gasteiger partial charge on any atom is -0.464 e. The van der Waals surface area contributed by atoms with Crippen molar-refractivity contribution in [2.45, 2.75) is 20.3 Å². The van der Waals surface area contributed by atoms with Crippen LogP contribution < -0.4 is 5.01 Å². The number of fused-ring (bicyclic) bond motifs is 2.